The van der Waals surface area contributed by atoms with Crippen molar-refractivity contribution in [3.05, 3.63) is 0 Å². The second-order valence-corrected chi connectivity index (χ2v) is 7.75. The molecule has 22 heavy (non-hydrogen) atoms. The van der Waals surface area contributed by atoms with E-state index >= 15 is 0 Å². The highest BCUT2D eigenvalue weighted by atomic mass is 14.7. The van der Waals surface area contributed by atoms with E-state index in [1.807, 2.05) is 0 Å². The van der Waals surface area contributed by atoms with E-state index in [0.717, 1.165) is 0 Å². The largest absolute Gasteiger partial charge is 0.325 e. The lowest BCUT2D eigenvalue weighted by Gasteiger charge is -2.24. The van der Waals surface area contributed by atoms with Crippen LogP contribution in [0.5, 0.6) is 0 Å². The number of nitrogens with two attached hydrogens (primary N) is 1. The second-order valence-electron chi connectivity index (χ2n) is 7.75. The van der Waals surface area contributed by atoms with Crippen molar-refractivity contribution in [3.63, 3.8) is 0 Å². The average molecular weight is 312 g/mol. The SMILES string of the molecule is CCCCCCCCCCCCCCCC(C)(N)CCCC. The molecule has 0 rings (SSSR count). The lowest BCUT2D eigenvalue weighted by atomic mass is 9.90. The van der Waals surface area contributed by atoms with Gasteiger partial charge in [0.25, 0.3) is 0 Å². The molecule has 1 heteroatoms. The Balaban J connectivity index is 3.17. The van der Waals surface area contributed by atoms with Crippen molar-refractivity contribution in [2.24, 2.45) is 5.73 Å². The van der Waals surface area contributed by atoms with Gasteiger partial charge in [-0.15, -0.1) is 0 Å². The first-order chi connectivity index (χ1) is 10.6. The number of hydrogen-bond acceptors (Lipinski definition) is 1. The van der Waals surface area contributed by atoms with Gasteiger partial charge in [-0.05, 0) is 19.8 Å². The highest BCUT2D eigenvalue weighted by molar-refractivity contribution is 4.77. The molecule has 0 saturated carbocycles. The lowest BCUT2D eigenvalue weighted by Crippen LogP contribution is -2.35. The molecule has 0 spiro atoms. The van der Waals surface area contributed by atoms with Crippen molar-refractivity contribution in [1.82, 2.24) is 0 Å². The molecule has 0 aliphatic carbocycles. The van der Waals surface area contributed by atoms with Crippen LogP contribution < -0.4 is 5.73 Å². The van der Waals surface area contributed by atoms with E-state index in [4.69, 9.17) is 5.73 Å². The molecule has 1 nitrogen and oxygen atoms in total. The van der Waals surface area contributed by atoms with Gasteiger partial charge in [0.2, 0.25) is 0 Å². The van der Waals surface area contributed by atoms with E-state index < -0.39 is 0 Å². The zero-order valence-electron chi connectivity index (χ0n) is 16.1. The van der Waals surface area contributed by atoms with Gasteiger partial charge in [0.1, 0.15) is 0 Å². The van der Waals surface area contributed by atoms with E-state index in [2.05, 4.69) is 20.8 Å². The van der Waals surface area contributed by atoms with Crippen molar-refractivity contribution in [2.45, 2.75) is 135 Å². The fourth-order valence-electron chi connectivity index (χ4n) is 3.25. The van der Waals surface area contributed by atoms with Crippen LogP contribution in [0.4, 0.5) is 0 Å². The van der Waals surface area contributed by atoms with Gasteiger partial charge in [0, 0.05) is 5.54 Å². The fourth-order valence-corrected chi connectivity index (χ4v) is 3.25. The molecule has 134 valence electrons. The van der Waals surface area contributed by atoms with Gasteiger partial charge in [-0.1, -0.05) is 110 Å². The third-order valence-corrected chi connectivity index (χ3v) is 4.95. The Bertz CT molecular complexity index is 210. The minimum Gasteiger partial charge on any atom is -0.325 e. The van der Waals surface area contributed by atoms with Gasteiger partial charge in [0.05, 0.1) is 0 Å². The predicted octanol–water partition coefficient (Wildman–Crippen LogP) is 7.38. The molecule has 1 unspecified atom stereocenters. The topological polar surface area (TPSA) is 26.0 Å². The van der Waals surface area contributed by atoms with Crippen LogP contribution in [0.2, 0.25) is 0 Å². The molecule has 0 aliphatic heterocycles. The van der Waals surface area contributed by atoms with E-state index in [-0.39, 0.29) is 5.54 Å². The molecule has 0 fully saturated rings. The smallest absolute Gasteiger partial charge is 0.0125 e. The summed E-state index contributed by atoms with van der Waals surface area (Å²) in [4.78, 5) is 0. The summed E-state index contributed by atoms with van der Waals surface area (Å²) in [5.41, 5.74) is 6.43. The number of rotatable bonds is 17. The van der Waals surface area contributed by atoms with Crippen molar-refractivity contribution in [3.8, 4) is 0 Å². The van der Waals surface area contributed by atoms with Crippen molar-refractivity contribution in [2.75, 3.05) is 0 Å². The molecular formula is C21H45N. The first kappa shape index (κ1) is 22.0. The normalized spacial score (nSPS) is 14.2. The Morgan fingerprint density at radius 3 is 1.23 bits per heavy atom. The van der Waals surface area contributed by atoms with Crippen LogP contribution in [0, 0.1) is 0 Å². The van der Waals surface area contributed by atoms with Crippen LogP contribution in [0.15, 0.2) is 0 Å². The molecule has 0 heterocycles. The summed E-state index contributed by atoms with van der Waals surface area (Å²) in [5.74, 6) is 0. The molecule has 0 amide bonds. The third-order valence-electron chi connectivity index (χ3n) is 4.95. The summed E-state index contributed by atoms with van der Waals surface area (Å²) in [5, 5.41) is 0. The minimum absolute atomic E-state index is 0.0911. The van der Waals surface area contributed by atoms with E-state index in [0.29, 0.717) is 0 Å². The summed E-state index contributed by atoms with van der Waals surface area (Å²) in [6, 6.07) is 0. The molecule has 0 aromatic rings. The van der Waals surface area contributed by atoms with Gasteiger partial charge in [0.15, 0.2) is 0 Å². The number of unbranched alkanes of at least 4 members (excludes halogenated alkanes) is 13. The van der Waals surface area contributed by atoms with Crippen LogP contribution >= 0.6 is 0 Å². The Morgan fingerprint density at radius 2 is 0.818 bits per heavy atom. The van der Waals surface area contributed by atoms with Gasteiger partial charge >= 0.3 is 0 Å². The quantitative estimate of drug-likeness (QED) is 0.279. The Hall–Kier alpha value is -0.0400. The molecule has 2 N–H and O–H groups in total. The maximum atomic E-state index is 6.34. The van der Waals surface area contributed by atoms with E-state index in [1.54, 1.807) is 0 Å². The molecule has 0 bridgehead atoms. The maximum Gasteiger partial charge on any atom is 0.0125 e. The summed E-state index contributed by atoms with van der Waals surface area (Å²) in [7, 11) is 0. The Labute approximate surface area is 141 Å². The third kappa shape index (κ3) is 16.3. The maximum absolute atomic E-state index is 6.34. The van der Waals surface area contributed by atoms with Crippen LogP contribution in [0.25, 0.3) is 0 Å². The summed E-state index contributed by atoms with van der Waals surface area (Å²) < 4.78 is 0. The molecule has 0 radical (unpaired) electrons. The van der Waals surface area contributed by atoms with Crippen LogP contribution in [0.1, 0.15) is 130 Å². The Kier molecular flexibility index (Phi) is 15.8. The first-order valence-electron chi connectivity index (χ1n) is 10.4. The van der Waals surface area contributed by atoms with Crippen molar-refractivity contribution in [1.29, 1.82) is 0 Å². The fraction of sp³-hybridized carbons (Fsp3) is 1.00. The highest BCUT2D eigenvalue weighted by Crippen LogP contribution is 2.19. The molecule has 1 atom stereocenters. The monoisotopic (exact) mass is 311 g/mol. The Morgan fingerprint density at radius 1 is 0.500 bits per heavy atom. The van der Waals surface area contributed by atoms with Crippen molar-refractivity contribution >= 4 is 0 Å². The summed E-state index contributed by atoms with van der Waals surface area (Å²) >= 11 is 0. The van der Waals surface area contributed by atoms with Crippen LogP contribution in [-0.4, -0.2) is 5.54 Å². The lowest BCUT2D eigenvalue weighted by molar-refractivity contribution is 0.369. The molecular weight excluding hydrogens is 266 g/mol. The molecule has 0 saturated heterocycles. The minimum atomic E-state index is 0.0911. The van der Waals surface area contributed by atoms with Gasteiger partial charge in [-0.2, -0.15) is 0 Å². The zero-order valence-corrected chi connectivity index (χ0v) is 16.1. The van der Waals surface area contributed by atoms with Crippen LogP contribution in [-0.2, 0) is 0 Å². The van der Waals surface area contributed by atoms with Gasteiger partial charge in [-0.25, -0.2) is 0 Å². The molecule has 0 aliphatic rings. The highest BCUT2D eigenvalue weighted by Gasteiger charge is 2.16. The first-order valence-corrected chi connectivity index (χ1v) is 10.4. The summed E-state index contributed by atoms with van der Waals surface area (Å²) in [6.07, 6.45) is 23.5. The number of hydrogen-bond donors (Lipinski definition) is 1. The van der Waals surface area contributed by atoms with Crippen LogP contribution in [0.3, 0.4) is 0 Å². The summed E-state index contributed by atoms with van der Waals surface area (Å²) in [6.45, 7) is 6.78. The average Bonchev–Trinajstić information content (AvgIpc) is 2.50. The van der Waals surface area contributed by atoms with Gasteiger partial charge < -0.3 is 5.73 Å². The predicted molar refractivity (Wildman–Crippen MR) is 102 cm³/mol. The van der Waals surface area contributed by atoms with E-state index in [1.165, 1.54) is 109 Å². The standard InChI is InChI=1S/C21H45N/c1-4-6-8-9-10-11-12-13-14-15-16-17-18-20-21(3,22)19-7-5-2/h4-20,22H2,1-3H3. The van der Waals surface area contributed by atoms with Crippen molar-refractivity contribution < 1.29 is 0 Å². The second kappa shape index (κ2) is 15.8. The van der Waals surface area contributed by atoms with E-state index in [9.17, 15) is 0 Å². The van der Waals surface area contributed by atoms with Gasteiger partial charge in [-0.3, -0.25) is 0 Å². The molecule has 0 aromatic carbocycles. The zero-order chi connectivity index (χ0) is 16.5. The molecule has 0 aromatic heterocycles.